The van der Waals surface area contributed by atoms with E-state index in [0.717, 1.165) is 54.8 Å². The Morgan fingerprint density at radius 1 is 1.40 bits per heavy atom. The van der Waals surface area contributed by atoms with Crippen LogP contribution in [0.5, 0.6) is 0 Å². The number of aryl methyl sites for hydroxylation is 2. The van der Waals surface area contributed by atoms with Crippen molar-refractivity contribution in [2.75, 3.05) is 13.1 Å². The molecule has 4 nitrogen and oxygen atoms in total. The number of imidazole rings is 1. The predicted octanol–water partition coefficient (Wildman–Crippen LogP) is 2.32. The third-order valence-corrected chi connectivity index (χ3v) is 4.28. The van der Waals surface area contributed by atoms with Crippen molar-refractivity contribution in [2.45, 2.75) is 26.2 Å². The smallest absolute Gasteiger partial charge is 0.166 e. The highest BCUT2D eigenvalue weighted by molar-refractivity contribution is 6.00. The van der Waals surface area contributed by atoms with Crippen LogP contribution in [0.1, 0.15) is 35.9 Å². The van der Waals surface area contributed by atoms with E-state index >= 15 is 0 Å². The first-order valence-corrected chi connectivity index (χ1v) is 7.41. The Hall–Kier alpha value is -1.68. The Kier molecular flexibility index (Phi) is 3.57. The minimum atomic E-state index is 0.169. The lowest BCUT2D eigenvalue weighted by Gasteiger charge is -2.21. The number of carbonyl (C=O) groups excluding carboxylic acids is 1. The summed E-state index contributed by atoms with van der Waals surface area (Å²) in [5.41, 5.74) is 2.85. The summed E-state index contributed by atoms with van der Waals surface area (Å²) >= 11 is 0. The molecule has 0 radical (unpaired) electrons. The number of piperidine rings is 1. The van der Waals surface area contributed by atoms with Crippen molar-refractivity contribution in [3.05, 3.63) is 29.6 Å². The number of ketones is 1. The van der Waals surface area contributed by atoms with Gasteiger partial charge in [-0.15, -0.1) is 0 Å². The van der Waals surface area contributed by atoms with Gasteiger partial charge in [0.25, 0.3) is 0 Å². The molecule has 0 bridgehead atoms. The van der Waals surface area contributed by atoms with E-state index in [0.29, 0.717) is 0 Å². The fraction of sp³-hybridized carbons (Fsp3) is 0.500. The monoisotopic (exact) mass is 271 g/mol. The molecular formula is C16H21N3O. The van der Waals surface area contributed by atoms with E-state index in [4.69, 9.17) is 0 Å². The third-order valence-electron chi connectivity index (χ3n) is 4.28. The second-order valence-corrected chi connectivity index (χ2v) is 5.53. The summed E-state index contributed by atoms with van der Waals surface area (Å²) in [6.07, 6.45) is 2.79. The van der Waals surface area contributed by atoms with E-state index in [1.165, 1.54) is 0 Å². The van der Waals surface area contributed by atoms with Crippen LogP contribution < -0.4 is 5.32 Å². The maximum atomic E-state index is 12.5. The van der Waals surface area contributed by atoms with E-state index in [1.807, 2.05) is 25.2 Å². The molecule has 1 aromatic carbocycles. The molecule has 0 aliphatic carbocycles. The zero-order valence-corrected chi connectivity index (χ0v) is 12.1. The number of benzene rings is 1. The zero-order chi connectivity index (χ0) is 14.1. The van der Waals surface area contributed by atoms with E-state index in [9.17, 15) is 4.79 Å². The lowest BCUT2D eigenvalue weighted by Crippen LogP contribution is -2.31. The van der Waals surface area contributed by atoms with Crippen LogP contribution in [0, 0.1) is 5.92 Å². The second kappa shape index (κ2) is 5.37. The first-order valence-electron chi connectivity index (χ1n) is 7.41. The molecule has 1 aromatic heterocycles. The minimum Gasteiger partial charge on any atom is -0.331 e. The molecule has 1 saturated heterocycles. The average molecular weight is 271 g/mol. The summed E-state index contributed by atoms with van der Waals surface area (Å²) in [6, 6.07) is 5.93. The SMILES string of the molecule is CCc1nc2cc(C(=O)C3CCNCC3)ccc2n1C. The molecule has 0 unspecified atom stereocenters. The fourth-order valence-corrected chi connectivity index (χ4v) is 3.04. The maximum absolute atomic E-state index is 12.5. The maximum Gasteiger partial charge on any atom is 0.166 e. The van der Waals surface area contributed by atoms with Crippen molar-refractivity contribution in [1.82, 2.24) is 14.9 Å². The minimum absolute atomic E-state index is 0.169. The van der Waals surface area contributed by atoms with Crippen molar-refractivity contribution in [3.8, 4) is 0 Å². The number of rotatable bonds is 3. The van der Waals surface area contributed by atoms with Gasteiger partial charge in [0.1, 0.15) is 5.82 Å². The molecule has 4 heteroatoms. The van der Waals surface area contributed by atoms with Crippen molar-refractivity contribution < 1.29 is 4.79 Å². The van der Waals surface area contributed by atoms with Gasteiger partial charge in [0.05, 0.1) is 11.0 Å². The van der Waals surface area contributed by atoms with Crippen molar-refractivity contribution in [2.24, 2.45) is 13.0 Å². The lowest BCUT2D eigenvalue weighted by atomic mass is 9.89. The molecule has 20 heavy (non-hydrogen) atoms. The molecule has 2 aromatic rings. The molecule has 1 N–H and O–H groups in total. The highest BCUT2D eigenvalue weighted by Gasteiger charge is 2.22. The summed E-state index contributed by atoms with van der Waals surface area (Å²) in [7, 11) is 2.03. The van der Waals surface area contributed by atoms with Gasteiger partial charge in [-0.25, -0.2) is 4.98 Å². The van der Waals surface area contributed by atoms with Gasteiger partial charge < -0.3 is 9.88 Å². The van der Waals surface area contributed by atoms with Crippen LogP contribution in [0.3, 0.4) is 0 Å². The van der Waals surface area contributed by atoms with Gasteiger partial charge in [0.2, 0.25) is 0 Å². The van der Waals surface area contributed by atoms with Crippen molar-refractivity contribution >= 4 is 16.8 Å². The molecule has 2 heterocycles. The second-order valence-electron chi connectivity index (χ2n) is 5.53. The molecule has 106 valence electrons. The number of hydrogen-bond donors (Lipinski definition) is 1. The molecule has 1 aliphatic heterocycles. The first-order chi connectivity index (χ1) is 9.70. The standard InChI is InChI=1S/C16H21N3O/c1-3-15-18-13-10-12(4-5-14(13)19(15)2)16(20)11-6-8-17-9-7-11/h4-5,10-11,17H,3,6-9H2,1-2H3. The van der Waals surface area contributed by atoms with Gasteiger partial charge in [-0.2, -0.15) is 0 Å². The number of aromatic nitrogens is 2. The summed E-state index contributed by atoms with van der Waals surface area (Å²) in [5, 5.41) is 3.30. The van der Waals surface area contributed by atoms with Crippen LogP contribution in [0.2, 0.25) is 0 Å². The van der Waals surface area contributed by atoms with Gasteiger partial charge in [-0.1, -0.05) is 6.92 Å². The number of nitrogens with zero attached hydrogens (tertiary/aromatic N) is 2. The highest BCUT2D eigenvalue weighted by Crippen LogP contribution is 2.22. The van der Waals surface area contributed by atoms with Gasteiger partial charge in [-0.05, 0) is 44.1 Å². The Morgan fingerprint density at radius 2 is 2.15 bits per heavy atom. The Morgan fingerprint density at radius 3 is 2.85 bits per heavy atom. The highest BCUT2D eigenvalue weighted by atomic mass is 16.1. The number of nitrogens with one attached hydrogen (secondary N) is 1. The zero-order valence-electron chi connectivity index (χ0n) is 12.1. The van der Waals surface area contributed by atoms with Crippen LogP contribution in [-0.4, -0.2) is 28.4 Å². The summed E-state index contributed by atoms with van der Waals surface area (Å²) in [4.78, 5) is 17.2. The summed E-state index contributed by atoms with van der Waals surface area (Å²) in [5.74, 6) is 1.51. The molecule has 1 aliphatic rings. The van der Waals surface area contributed by atoms with E-state index in [-0.39, 0.29) is 11.7 Å². The quantitative estimate of drug-likeness (QED) is 0.871. The van der Waals surface area contributed by atoms with Crippen LogP contribution in [-0.2, 0) is 13.5 Å². The van der Waals surface area contributed by atoms with Gasteiger partial charge in [0.15, 0.2) is 5.78 Å². The molecule has 0 spiro atoms. The van der Waals surface area contributed by atoms with Gasteiger partial charge >= 0.3 is 0 Å². The largest absolute Gasteiger partial charge is 0.331 e. The number of hydrogen-bond acceptors (Lipinski definition) is 3. The van der Waals surface area contributed by atoms with Crippen molar-refractivity contribution in [3.63, 3.8) is 0 Å². The van der Waals surface area contributed by atoms with Crippen LogP contribution in [0.4, 0.5) is 0 Å². The van der Waals surface area contributed by atoms with E-state index in [2.05, 4.69) is 21.8 Å². The van der Waals surface area contributed by atoms with Crippen molar-refractivity contribution in [1.29, 1.82) is 0 Å². The molecule has 0 atom stereocenters. The Labute approximate surface area is 119 Å². The topological polar surface area (TPSA) is 46.9 Å². The van der Waals surface area contributed by atoms with Gasteiger partial charge in [-0.3, -0.25) is 4.79 Å². The third kappa shape index (κ3) is 2.24. The van der Waals surface area contributed by atoms with E-state index < -0.39 is 0 Å². The van der Waals surface area contributed by atoms with Crippen LogP contribution >= 0.6 is 0 Å². The number of carbonyl (C=O) groups is 1. The molecule has 3 rings (SSSR count). The average Bonchev–Trinajstić information content (AvgIpc) is 2.83. The summed E-state index contributed by atoms with van der Waals surface area (Å²) < 4.78 is 2.11. The van der Waals surface area contributed by atoms with Crippen LogP contribution in [0.25, 0.3) is 11.0 Å². The normalized spacial score (nSPS) is 16.7. The van der Waals surface area contributed by atoms with E-state index in [1.54, 1.807) is 0 Å². The first kappa shape index (κ1) is 13.3. The number of Topliss-reactive ketones (excluding diaryl/α,β-unsaturated/α-hetero) is 1. The molecular weight excluding hydrogens is 250 g/mol. The van der Waals surface area contributed by atoms with Crippen LogP contribution in [0.15, 0.2) is 18.2 Å². The Balaban J connectivity index is 1.94. The lowest BCUT2D eigenvalue weighted by molar-refractivity contribution is 0.0895. The van der Waals surface area contributed by atoms with Gasteiger partial charge in [0, 0.05) is 24.9 Å². The molecule has 0 amide bonds. The number of fused-ring (bicyclic) bond motifs is 1. The fourth-order valence-electron chi connectivity index (χ4n) is 3.04. The predicted molar refractivity (Wildman–Crippen MR) is 80.0 cm³/mol. The Bertz CT molecular complexity index is 638. The molecule has 0 saturated carbocycles. The molecule has 1 fully saturated rings. The summed E-state index contributed by atoms with van der Waals surface area (Å²) in [6.45, 7) is 3.99.